The zero-order valence-corrected chi connectivity index (χ0v) is 12.3. The fraction of sp³-hybridized carbons (Fsp3) is 0.133. The molecular formula is C15H13FN2O3S. The minimum atomic E-state index is -3.77. The molecule has 0 unspecified atom stereocenters. The van der Waals surface area contributed by atoms with Crippen molar-refractivity contribution in [1.29, 1.82) is 0 Å². The molecule has 0 spiro atoms. The van der Waals surface area contributed by atoms with Gasteiger partial charge in [-0.25, -0.2) is 12.8 Å². The van der Waals surface area contributed by atoms with Crippen molar-refractivity contribution in [3.63, 3.8) is 0 Å². The van der Waals surface area contributed by atoms with Crippen molar-refractivity contribution in [2.45, 2.75) is 17.7 Å². The Labute approximate surface area is 127 Å². The highest BCUT2D eigenvalue weighted by molar-refractivity contribution is 7.92. The van der Waals surface area contributed by atoms with E-state index in [0.717, 1.165) is 17.7 Å². The Morgan fingerprint density at radius 1 is 1.05 bits per heavy atom. The van der Waals surface area contributed by atoms with E-state index in [0.29, 0.717) is 24.2 Å². The Morgan fingerprint density at radius 2 is 1.77 bits per heavy atom. The first kappa shape index (κ1) is 14.5. The highest BCUT2D eigenvalue weighted by Gasteiger charge is 2.18. The first-order valence-electron chi connectivity index (χ1n) is 6.65. The molecule has 1 aliphatic rings. The largest absolute Gasteiger partial charge is 0.326 e. The number of sulfonamides is 1. The van der Waals surface area contributed by atoms with E-state index in [1.54, 1.807) is 18.2 Å². The molecule has 2 aromatic rings. The average Bonchev–Trinajstić information content (AvgIpc) is 2.47. The van der Waals surface area contributed by atoms with Gasteiger partial charge in [0.1, 0.15) is 5.82 Å². The summed E-state index contributed by atoms with van der Waals surface area (Å²) in [7, 11) is -3.77. The van der Waals surface area contributed by atoms with Gasteiger partial charge in [-0.15, -0.1) is 0 Å². The summed E-state index contributed by atoms with van der Waals surface area (Å²) in [5.41, 5.74) is 1.97. The SMILES string of the molecule is O=C1CCc2cc(NS(=O)(=O)c3ccc(F)cc3)ccc2N1. The van der Waals surface area contributed by atoms with E-state index in [-0.39, 0.29) is 10.8 Å². The normalized spacial score (nSPS) is 14.1. The Hall–Kier alpha value is -2.41. The minimum Gasteiger partial charge on any atom is -0.326 e. The third-order valence-corrected chi connectivity index (χ3v) is 4.77. The number of hydrogen-bond acceptors (Lipinski definition) is 3. The number of carbonyl (C=O) groups is 1. The molecule has 2 aromatic carbocycles. The van der Waals surface area contributed by atoms with Crippen LogP contribution in [0.1, 0.15) is 12.0 Å². The molecule has 0 fully saturated rings. The Morgan fingerprint density at radius 3 is 2.50 bits per heavy atom. The molecule has 22 heavy (non-hydrogen) atoms. The zero-order chi connectivity index (χ0) is 15.7. The number of halogens is 1. The second kappa shape index (κ2) is 5.42. The van der Waals surface area contributed by atoms with E-state index in [2.05, 4.69) is 10.0 Å². The van der Waals surface area contributed by atoms with Crippen LogP contribution in [0.3, 0.4) is 0 Å². The van der Waals surface area contributed by atoms with Gasteiger partial charge >= 0.3 is 0 Å². The topological polar surface area (TPSA) is 75.3 Å². The maximum Gasteiger partial charge on any atom is 0.261 e. The van der Waals surface area contributed by atoms with E-state index >= 15 is 0 Å². The van der Waals surface area contributed by atoms with Gasteiger partial charge < -0.3 is 5.32 Å². The van der Waals surface area contributed by atoms with Crippen molar-refractivity contribution in [2.24, 2.45) is 0 Å². The van der Waals surface area contributed by atoms with Crippen molar-refractivity contribution in [1.82, 2.24) is 0 Å². The third kappa shape index (κ3) is 2.94. The third-order valence-electron chi connectivity index (χ3n) is 3.38. The fourth-order valence-electron chi connectivity index (χ4n) is 2.27. The van der Waals surface area contributed by atoms with Gasteiger partial charge in [0.15, 0.2) is 0 Å². The standard InChI is InChI=1S/C15H13FN2O3S/c16-11-2-5-13(6-3-11)22(20,21)18-12-4-7-14-10(9-12)1-8-15(19)17-14/h2-7,9,18H,1,8H2,(H,17,19). The summed E-state index contributed by atoms with van der Waals surface area (Å²) in [5, 5.41) is 2.73. The van der Waals surface area contributed by atoms with Crippen LogP contribution in [0, 0.1) is 5.82 Å². The van der Waals surface area contributed by atoms with Crippen LogP contribution in [0.5, 0.6) is 0 Å². The number of carbonyl (C=O) groups excluding carboxylic acids is 1. The highest BCUT2D eigenvalue weighted by atomic mass is 32.2. The molecule has 1 amide bonds. The van der Waals surface area contributed by atoms with Crippen LogP contribution in [0.15, 0.2) is 47.4 Å². The maximum absolute atomic E-state index is 12.9. The minimum absolute atomic E-state index is 0.0140. The lowest BCUT2D eigenvalue weighted by Crippen LogP contribution is -2.19. The van der Waals surface area contributed by atoms with Crippen LogP contribution in [0.2, 0.25) is 0 Å². The van der Waals surface area contributed by atoms with Gasteiger partial charge in [-0.05, 0) is 54.4 Å². The molecule has 0 saturated carbocycles. The summed E-state index contributed by atoms with van der Waals surface area (Å²) < 4.78 is 39.8. The number of hydrogen-bond donors (Lipinski definition) is 2. The molecular weight excluding hydrogens is 307 g/mol. The van der Waals surface area contributed by atoms with Crippen molar-refractivity contribution in [2.75, 3.05) is 10.0 Å². The van der Waals surface area contributed by atoms with Crippen LogP contribution in [-0.4, -0.2) is 14.3 Å². The number of amides is 1. The van der Waals surface area contributed by atoms with Crippen LogP contribution in [0.4, 0.5) is 15.8 Å². The molecule has 2 N–H and O–H groups in total. The van der Waals surface area contributed by atoms with Crippen molar-refractivity contribution < 1.29 is 17.6 Å². The summed E-state index contributed by atoms with van der Waals surface area (Å²) in [5.74, 6) is -0.546. The van der Waals surface area contributed by atoms with Gasteiger partial charge in [-0.3, -0.25) is 9.52 Å². The van der Waals surface area contributed by atoms with Gasteiger partial charge in [0.2, 0.25) is 5.91 Å². The van der Waals surface area contributed by atoms with E-state index in [1.807, 2.05) is 0 Å². The summed E-state index contributed by atoms with van der Waals surface area (Å²) in [6, 6.07) is 9.52. The molecule has 0 radical (unpaired) electrons. The van der Waals surface area contributed by atoms with E-state index in [9.17, 15) is 17.6 Å². The van der Waals surface area contributed by atoms with Crippen LogP contribution >= 0.6 is 0 Å². The second-order valence-corrected chi connectivity index (χ2v) is 6.66. The summed E-state index contributed by atoms with van der Waals surface area (Å²) >= 11 is 0. The number of benzene rings is 2. The molecule has 7 heteroatoms. The van der Waals surface area contributed by atoms with Crippen molar-refractivity contribution >= 4 is 27.3 Å². The van der Waals surface area contributed by atoms with Crippen molar-refractivity contribution in [3.05, 3.63) is 53.8 Å². The quantitative estimate of drug-likeness (QED) is 0.912. The Kier molecular flexibility index (Phi) is 3.58. The maximum atomic E-state index is 12.9. The van der Waals surface area contributed by atoms with Crippen LogP contribution in [-0.2, 0) is 21.2 Å². The molecule has 0 saturated heterocycles. The average molecular weight is 320 g/mol. The number of aryl methyl sites for hydroxylation is 1. The molecule has 0 aromatic heterocycles. The summed E-state index contributed by atoms with van der Waals surface area (Å²) in [4.78, 5) is 11.3. The van der Waals surface area contributed by atoms with Gasteiger partial charge in [-0.1, -0.05) is 0 Å². The lowest BCUT2D eigenvalue weighted by molar-refractivity contribution is -0.116. The second-order valence-electron chi connectivity index (χ2n) is 4.98. The van der Waals surface area contributed by atoms with Crippen molar-refractivity contribution in [3.8, 4) is 0 Å². The molecule has 0 aliphatic carbocycles. The number of nitrogens with one attached hydrogen (secondary N) is 2. The molecule has 3 rings (SSSR count). The predicted octanol–water partition coefficient (Wildman–Crippen LogP) is 2.51. The van der Waals surface area contributed by atoms with E-state index < -0.39 is 15.8 Å². The van der Waals surface area contributed by atoms with Gasteiger partial charge in [0.05, 0.1) is 4.90 Å². The van der Waals surface area contributed by atoms with Gasteiger partial charge in [-0.2, -0.15) is 0 Å². The molecule has 0 atom stereocenters. The smallest absolute Gasteiger partial charge is 0.261 e. The van der Waals surface area contributed by atoms with E-state index in [1.165, 1.54) is 12.1 Å². The number of rotatable bonds is 3. The van der Waals surface area contributed by atoms with Crippen LogP contribution in [0.25, 0.3) is 0 Å². The molecule has 1 heterocycles. The molecule has 5 nitrogen and oxygen atoms in total. The summed E-state index contributed by atoms with van der Waals surface area (Å²) in [6.07, 6.45) is 0.939. The fourth-order valence-corrected chi connectivity index (χ4v) is 3.32. The Balaban J connectivity index is 1.86. The predicted molar refractivity (Wildman–Crippen MR) is 80.6 cm³/mol. The van der Waals surface area contributed by atoms with Gasteiger partial charge in [0, 0.05) is 17.8 Å². The number of fused-ring (bicyclic) bond motifs is 1. The van der Waals surface area contributed by atoms with E-state index in [4.69, 9.17) is 0 Å². The monoisotopic (exact) mass is 320 g/mol. The van der Waals surface area contributed by atoms with Gasteiger partial charge in [0.25, 0.3) is 10.0 Å². The highest BCUT2D eigenvalue weighted by Crippen LogP contribution is 2.27. The first-order valence-corrected chi connectivity index (χ1v) is 8.13. The Bertz CT molecular complexity index is 832. The molecule has 1 aliphatic heterocycles. The molecule has 0 bridgehead atoms. The lowest BCUT2D eigenvalue weighted by Gasteiger charge is -2.18. The van der Waals surface area contributed by atoms with Crippen LogP contribution < -0.4 is 10.0 Å². The molecule has 114 valence electrons. The lowest BCUT2D eigenvalue weighted by atomic mass is 10.0. The number of anilines is 2. The first-order chi connectivity index (χ1) is 10.4. The zero-order valence-electron chi connectivity index (χ0n) is 11.5. The summed E-state index contributed by atoms with van der Waals surface area (Å²) in [6.45, 7) is 0.